The van der Waals surface area contributed by atoms with Gasteiger partial charge in [0.05, 0.1) is 10.5 Å². The van der Waals surface area contributed by atoms with Gasteiger partial charge in [0, 0.05) is 17.6 Å². The maximum Gasteiger partial charge on any atom is 0.336 e. The zero-order valence-electron chi connectivity index (χ0n) is 11.5. The third kappa shape index (κ3) is 3.81. The molecule has 0 aliphatic rings. The fraction of sp³-hybridized carbons (Fsp3) is 0.214. The number of nitrogens with zero attached hydrogens (tertiary/aromatic N) is 1. The SMILES string of the molecule is C=CCN(CC=C)S(=O)(=O)c1cc(Br)c(C)c(C(=O)O)c1. The predicted octanol–water partition coefficient (Wildman–Crippen LogP) is 2.82. The maximum absolute atomic E-state index is 12.6. The highest BCUT2D eigenvalue weighted by molar-refractivity contribution is 9.10. The lowest BCUT2D eigenvalue weighted by Gasteiger charge is -2.20. The van der Waals surface area contributed by atoms with Crippen LogP contribution in [0, 0.1) is 6.92 Å². The molecule has 0 saturated carbocycles. The van der Waals surface area contributed by atoms with Gasteiger partial charge in [0.2, 0.25) is 10.0 Å². The van der Waals surface area contributed by atoms with Crippen molar-refractivity contribution in [1.82, 2.24) is 4.31 Å². The van der Waals surface area contributed by atoms with Crippen molar-refractivity contribution in [3.63, 3.8) is 0 Å². The van der Waals surface area contributed by atoms with Crippen LogP contribution in [0.2, 0.25) is 0 Å². The van der Waals surface area contributed by atoms with Crippen molar-refractivity contribution in [2.45, 2.75) is 11.8 Å². The van der Waals surface area contributed by atoms with E-state index in [1.165, 1.54) is 18.2 Å². The zero-order valence-corrected chi connectivity index (χ0v) is 13.9. The van der Waals surface area contributed by atoms with E-state index in [1.807, 2.05) is 0 Å². The largest absolute Gasteiger partial charge is 0.478 e. The molecule has 0 unspecified atom stereocenters. The van der Waals surface area contributed by atoms with Gasteiger partial charge in [-0.05, 0) is 24.6 Å². The maximum atomic E-state index is 12.6. The van der Waals surface area contributed by atoms with Gasteiger partial charge in [0.25, 0.3) is 0 Å². The van der Waals surface area contributed by atoms with E-state index in [4.69, 9.17) is 5.11 Å². The van der Waals surface area contributed by atoms with Gasteiger partial charge >= 0.3 is 5.97 Å². The molecule has 114 valence electrons. The number of hydrogen-bond acceptors (Lipinski definition) is 3. The fourth-order valence-corrected chi connectivity index (χ4v) is 3.78. The van der Waals surface area contributed by atoms with Crippen LogP contribution in [-0.4, -0.2) is 36.9 Å². The fourth-order valence-electron chi connectivity index (χ4n) is 1.73. The number of carbonyl (C=O) groups is 1. The Morgan fingerprint density at radius 1 is 1.33 bits per heavy atom. The van der Waals surface area contributed by atoms with Crippen LogP contribution in [0.5, 0.6) is 0 Å². The van der Waals surface area contributed by atoms with E-state index in [0.29, 0.717) is 10.0 Å². The molecule has 0 aliphatic heterocycles. The molecule has 0 spiro atoms. The van der Waals surface area contributed by atoms with Gasteiger partial charge in [0.1, 0.15) is 0 Å². The Morgan fingerprint density at radius 3 is 2.29 bits per heavy atom. The monoisotopic (exact) mass is 373 g/mol. The van der Waals surface area contributed by atoms with Crippen molar-refractivity contribution in [2.24, 2.45) is 0 Å². The molecule has 0 amide bonds. The Morgan fingerprint density at radius 2 is 1.86 bits per heavy atom. The highest BCUT2D eigenvalue weighted by Crippen LogP contribution is 2.26. The minimum Gasteiger partial charge on any atom is -0.478 e. The molecule has 7 heteroatoms. The second kappa shape index (κ2) is 7.02. The van der Waals surface area contributed by atoms with E-state index in [9.17, 15) is 13.2 Å². The number of sulfonamides is 1. The molecule has 0 heterocycles. The number of aromatic carboxylic acids is 1. The second-order valence-corrected chi connectivity index (χ2v) is 7.07. The van der Waals surface area contributed by atoms with E-state index in [1.54, 1.807) is 6.92 Å². The first kappa shape index (κ1) is 17.6. The lowest BCUT2D eigenvalue weighted by molar-refractivity contribution is 0.0695. The molecule has 0 aromatic heterocycles. The average molecular weight is 374 g/mol. The summed E-state index contributed by atoms with van der Waals surface area (Å²) in [5.74, 6) is -1.18. The molecule has 0 fully saturated rings. The minimum absolute atomic E-state index is 0.0555. The van der Waals surface area contributed by atoms with Crippen LogP contribution in [-0.2, 0) is 10.0 Å². The van der Waals surface area contributed by atoms with E-state index in [0.717, 1.165) is 10.4 Å². The summed E-state index contributed by atoms with van der Waals surface area (Å²) < 4.78 is 26.7. The number of rotatable bonds is 7. The van der Waals surface area contributed by atoms with Gasteiger partial charge in [-0.25, -0.2) is 13.2 Å². The third-order valence-corrected chi connectivity index (χ3v) is 5.48. The van der Waals surface area contributed by atoms with E-state index >= 15 is 0 Å². The van der Waals surface area contributed by atoms with Crippen molar-refractivity contribution in [3.05, 3.63) is 53.0 Å². The molecule has 0 atom stereocenters. The van der Waals surface area contributed by atoms with Gasteiger partial charge in [-0.1, -0.05) is 28.1 Å². The van der Waals surface area contributed by atoms with Crippen molar-refractivity contribution in [1.29, 1.82) is 0 Å². The molecule has 1 N–H and O–H groups in total. The number of carboxylic acid groups (broad SMARTS) is 1. The molecule has 0 aliphatic carbocycles. The number of carboxylic acids is 1. The van der Waals surface area contributed by atoms with E-state index in [2.05, 4.69) is 29.1 Å². The number of hydrogen-bond donors (Lipinski definition) is 1. The van der Waals surface area contributed by atoms with Gasteiger partial charge in [0.15, 0.2) is 0 Å². The smallest absolute Gasteiger partial charge is 0.336 e. The zero-order chi connectivity index (χ0) is 16.2. The molecular weight excluding hydrogens is 358 g/mol. The standard InChI is InChI=1S/C14H16BrNO4S/c1-4-6-16(7-5-2)21(19,20)11-8-12(14(17)18)10(3)13(15)9-11/h4-5,8-9H,1-2,6-7H2,3H3,(H,17,18). The van der Waals surface area contributed by atoms with Gasteiger partial charge in [-0.15, -0.1) is 13.2 Å². The summed E-state index contributed by atoms with van der Waals surface area (Å²) >= 11 is 3.20. The third-order valence-electron chi connectivity index (χ3n) is 2.85. The van der Waals surface area contributed by atoms with Crippen LogP contribution < -0.4 is 0 Å². The van der Waals surface area contributed by atoms with Crippen molar-refractivity contribution in [2.75, 3.05) is 13.1 Å². The summed E-state index contributed by atoms with van der Waals surface area (Å²) in [5, 5.41) is 9.16. The average Bonchev–Trinajstić information content (AvgIpc) is 2.40. The molecular formula is C14H16BrNO4S. The normalized spacial score (nSPS) is 11.4. The van der Waals surface area contributed by atoms with Gasteiger partial charge < -0.3 is 5.11 Å². The Bertz CT molecular complexity index is 672. The van der Waals surface area contributed by atoms with Crippen molar-refractivity contribution >= 4 is 31.9 Å². The Kier molecular flexibility index (Phi) is 5.88. The summed E-state index contributed by atoms with van der Waals surface area (Å²) in [6.07, 6.45) is 2.92. The summed E-state index contributed by atoms with van der Waals surface area (Å²) in [5.41, 5.74) is 0.417. The summed E-state index contributed by atoms with van der Waals surface area (Å²) in [6.45, 7) is 8.88. The topological polar surface area (TPSA) is 74.7 Å². The van der Waals surface area contributed by atoms with Crippen LogP contribution in [0.4, 0.5) is 0 Å². The Balaban J connectivity index is 3.46. The first-order chi connectivity index (χ1) is 9.75. The van der Waals surface area contributed by atoms with Gasteiger partial charge in [-0.3, -0.25) is 0 Å². The van der Waals surface area contributed by atoms with Crippen LogP contribution in [0.25, 0.3) is 0 Å². The minimum atomic E-state index is -3.82. The van der Waals surface area contributed by atoms with Crippen LogP contribution in [0.3, 0.4) is 0 Å². The molecule has 0 saturated heterocycles. The molecule has 0 bridgehead atoms. The quantitative estimate of drug-likeness (QED) is 0.745. The molecule has 0 radical (unpaired) electrons. The molecule has 21 heavy (non-hydrogen) atoms. The molecule has 1 aromatic carbocycles. The van der Waals surface area contributed by atoms with Crippen LogP contribution in [0.1, 0.15) is 15.9 Å². The molecule has 1 aromatic rings. The van der Waals surface area contributed by atoms with E-state index < -0.39 is 16.0 Å². The van der Waals surface area contributed by atoms with Crippen LogP contribution in [0.15, 0.2) is 46.8 Å². The number of halogens is 1. The molecule has 1 rings (SSSR count). The highest BCUT2D eigenvalue weighted by Gasteiger charge is 2.25. The van der Waals surface area contributed by atoms with Crippen LogP contribution >= 0.6 is 15.9 Å². The first-order valence-corrected chi connectivity index (χ1v) is 8.24. The number of benzene rings is 1. The highest BCUT2D eigenvalue weighted by atomic mass is 79.9. The second-order valence-electron chi connectivity index (χ2n) is 4.28. The van der Waals surface area contributed by atoms with E-state index in [-0.39, 0.29) is 23.5 Å². The summed E-state index contributed by atoms with van der Waals surface area (Å²) in [6, 6.07) is 2.56. The summed E-state index contributed by atoms with van der Waals surface area (Å²) in [7, 11) is -3.82. The molecule has 5 nitrogen and oxygen atoms in total. The lowest BCUT2D eigenvalue weighted by atomic mass is 10.1. The van der Waals surface area contributed by atoms with Gasteiger partial charge in [-0.2, -0.15) is 4.31 Å². The first-order valence-electron chi connectivity index (χ1n) is 6.01. The Labute approximate surface area is 132 Å². The summed E-state index contributed by atoms with van der Waals surface area (Å²) in [4.78, 5) is 11.1. The lowest BCUT2D eigenvalue weighted by Crippen LogP contribution is -2.31. The Hall–Kier alpha value is -1.44. The van der Waals surface area contributed by atoms with Crippen molar-refractivity contribution < 1.29 is 18.3 Å². The van der Waals surface area contributed by atoms with Crippen molar-refractivity contribution in [3.8, 4) is 0 Å². The predicted molar refractivity (Wildman–Crippen MR) is 85.0 cm³/mol.